The first kappa shape index (κ1) is 11.5. The molecule has 1 fully saturated rings. The molecule has 0 unspecified atom stereocenters. The zero-order chi connectivity index (χ0) is 11.5. The van der Waals surface area contributed by atoms with Crippen LogP contribution in [0.2, 0.25) is 0 Å². The van der Waals surface area contributed by atoms with Gasteiger partial charge in [0.15, 0.2) is 0 Å². The Morgan fingerprint density at radius 2 is 1.88 bits per heavy atom. The second-order valence-corrected chi connectivity index (χ2v) is 5.12. The number of rotatable bonds is 2. The van der Waals surface area contributed by atoms with Crippen molar-refractivity contribution in [3.8, 4) is 0 Å². The van der Waals surface area contributed by atoms with E-state index in [1.165, 1.54) is 18.7 Å². The van der Waals surface area contributed by atoms with Crippen LogP contribution >= 0.6 is 0 Å². The van der Waals surface area contributed by atoms with Gasteiger partial charge in [-0.2, -0.15) is 0 Å². The molecule has 1 heterocycles. The lowest BCUT2D eigenvalue weighted by Gasteiger charge is -2.40. The SMILES string of the molecule is C[C@@H]1CN(C)[C@@H](C)C[C@H]1Nc1ccccc1. The fourth-order valence-corrected chi connectivity index (χ4v) is 2.49. The van der Waals surface area contributed by atoms with Crippen molar-refractivity contribution in [2.24, 2.45) is 5.92 Å². The largest absolute Gasteiger partial charge is 0.382 e. The quantitative estimate of drug-likeness (QED) is 0.821. The molecule has 1 aliphatic heterocycles. The van der Waals surface area contributed by atoms with E-state index in [2.05, 4.69) is 61.4 Å². The highest BCUT2D eigenvalue weighted by Gasteiger charge is 2.28. The second-order valence-electron chi connectivity index (χ2n) is 5.12. The third kappa shape index (κ3) is 2.56. The number of nitrogens with zero attached hydrogens (tertiary/aromatic N) is 1. The van der Waals surface area contributed by atoms with E-state index in [4.69, 9.17) is 0 Å². The molecule has 2 nitrogen and oxygen atoms in total. The van der Waals surface area contributed by atoms with Crippen LogP contribution in [0.1, 0.15) is 20.3 Å². The van der Waals surface area contributed by atoms with Gasteiger partial charge in [-0.3, -0.25) is 0 Å². The van der Waals surface area contributed by atoms with Gasteiger partial charge in [0.25, 0.3) is 0 Å². The molecular weight excluding hydrogens is 196 g/mol. The minimum Gasteiger partial charge on any atom is -0.382 e. The minimum absolute atomic E-state index is 0.605. The lowest BCUT2D eigenvalue weighted by molar-refractivity contribution is 0.145. The highest BCUT2D eigenvalue weighted by atomic mass is 15.2. The summed E-state index contributed by atoms with van der Waals surface area (Å²) in [5, 5.41) is 3.65. The predicted octanol–water partition coefficient (Wildman–Crippen LogP) is 2.83. The van der Waals surface area contributed by atoms with Crippen molar-refractivity contribution in [2.45, 2.75) is 32.4 Å². The highest BCUT2D eigenvalue weighted by molar-refractivity contribution is 5.43. The zero-order valence-corrected chi connectivity index (χ0v) is 10.5. The Morgan fingerprint density at radius 1 is 1.19 bits per heavy atom. The monoisotopic (exact) mass is 218 g/mol. The van der Waals surface area contributed by atoms with Gasteiger partial charge in [-0.15, -0.1) is 0 Å². The summed E-state index contributed by atoms with van der Waals surface area (Å²) in [6, 6.07) is 11.8. The van der Waals surface area contributed by atoms with Gasteiger partial charge in [0.05, 0.1) is 0 Å². The predicted molar refractivity (Wildman–Crippen MR) is 69.7 cm³/mol. The molecule has 0 spiro atoms. The topological polar surface area (TPSA) is 15.3 Å². The third-order valence-corrected chi connectivity index (χ3v) is 3.74. The summed E-state index contributed by atoms with van der Waals surface area (Å²) in [6.07, 6.45) is 1.23. The smallest absolute Gasteiger partial charge is 0.0342 e. The molecule has 0 aliphatic carbocycles. The number of nitrogens with one attached hydrogen (secondary N) is 1. The average molecular weight is 218 g/mol. The maximum absolute atomic E-state index is 3.65. The first-order valence-corrected chi connectivity index (χ1v) is 6.18. The van der Waals surface area contributed by atoms with Crippen molar-refractivity contribution >= 4 is 5.69 Å². The van der Waals surface area contributed by atoms with Crippen LogP contribution in [0.4, 0.5) is 5.69 Å². The molecule has 0 radical (unpaired) electrons. The highest BCUT2D eigenvalue weighted by Crippen LogP contribution is 2.23. The van der Waals surface area contributed by atoms with Gasteiger partial charge in [0.1, 0.15) is 0 Å². The van der Waals surface area contributed by atoms with Gasteiger partial charge < -0.3 is 10.2 Å². The van der Waals surface area contributed by atoms with Gasteiger partial charge >= 0.3 is 0 Å². The Bertz CT molecular complexity index is 323. The maximum Gasteiger partial charge on any atom is 0.0342 e. The van der Waals surface area contributed by atoms with Crippen LogP contribution in [0.5, 0.6) is 0 Å². The molecule has 0 amide bonds. The van der Waals surface area contributed by atoms with Gasteiger partial charge in [0.2, 0.25) is 0 Å². The molecule has 0 aromatic heterocycles. The third-order valence-electron chi connectivity index (χ3n) is 3.74. The molecule has 1 N–H and O–H groups in total. The number of hydrogen-bond donors (Lipinski definition) is 1. The maximum atomic E-state index is 3.65. The molecule has 16 heavy (non-hydrogen) atoms. The molecule has 2 heteroatoms. The van der Waals surface area contributed by atoms with Gasteiger partial charge in [0, 0.05) is 24.3 Å². The first-order valence-electron chi connectivity index (χ1n) is 6.18. The molecule has 0 bridgehead atoms. The van der Waals surface area contributed by atoms with E-state index in [-0.39, 0.29) is 0 Å². The molecule has 2 rings (SSSR count). The zero-order valence-electron chi connectivity index (χ0n) is 10.5. The van der Waals surface area contributed by atoms with E-state index in [1.54, 1.807) is 0 Å². The molecular formula is C14H22N2. The molecule has 88 valence electrons. The lowest BCUT2D eigenvalue weighted by atomic mass is 9.89. The Balaban J connectivity index is 2.00. The number of hydrogen-bond acceptors (Lipinski definition) is 2. The normalized spacial score (nSPS) is 31.3. The van der Waals surface area contributed by atoms with Gasteiger partial charge in [-0.1, -0.05) is 25.1 Å². The van der Waals surface area contributed by atoms with Crippen LogP contribution in [0, 0.1) is 5.92 Å². The van der Waals surface area contributed by atoms with Crippen LogP contribution < -0.4 is 5.32 Å². The lowest BCUT2D eigenvalue weighted by Crippen LogP contribution is -2.48. The van der Waals surface area contributed by atoms with E-state index in [9.17, 15) is 0 Å². The first-order chi connectivity index (χ1) is 7.66. The Kier molecular flexibility index (Phi) is 3.49. The van der Waals surface area contributed by atoms with Crippen LogP contribution in [0.25, 0.3) is 0 Å². The molecule has 1 saturated heterocycles. The number of para-hydroxylation sites is 1. The van der Waals surface area contributed by atoms with Gasteiger partial charge in [-0.05, 0) is 38.4 Å². The molecule has 0 saturated carbocycles. The summed E-state index contributed by atoms with van der Waals surface area (Å²) in [5.41, 5.74) is 1.25. The van der Waals surface area contributed by atoms with Crippen molar-refractivity contribution in [1.82, 2.24) is 4.90 Å². The van der Waals surface area contributed by atoms with Crippen molar-refractivity contribution in [2.75, 3.05) is 18.9 Å². The summed E-state index contributed by atoms with van der Waals surface area (Å²) >= 11 is 0. The average Bonchev–Trinajstić information content (AvgIpc) is 2.27. The summed E-state index contributed by atoms with van der Waals surface area (Å²) in [5.74, 6) is 0.710. The standard InChI is InChI=1S/C14H22N2/c1-11-10-16(3)12(2)9-14(11)15-13-7-5-4-6-8-13/h4-8,11-12,14-15H,9-10H2,1-3H3/t11-,12+,14-/m1/s1. The van der Waals surface area contributed by atoms with Crippen LogP contribution in [0.15, 0.2) is 30.3 Å². The van der Waals surface area contributed by atoms with Gasteiger partial charge in [-0.25, -0.2) is 0 Å². The minimum atomic E-state index is 0.605. The van der Waals surface area contributed by atoms with Crippen LogP contribution in [0.3, 0.4) is 0 Å². The Labute approximate surface area is 98.7 Å². The Hall–Kier alpha value is -1.02. The van der Waals surface area contributed by atoms with Crippen molar-refractivity contribution in [1.29, 1.82) is 0 Å². The summed E-state index contributed by atoms with van der Waals surface area (Å²) in [4.78, 5) is 2.45. The fourth-order valence-electron chi connectivity index (χ4n) is 2.49. The van der Waals surface area contributed by atoms with E-state index in [0.717, 1.165) is 0 Å². The van der Waals surface area contributed by atoms with E-state index >= 15 is 0 Å². The summed E-state index contributed by atoms with van der Waals surface area (Å²) in [6.45, 7) is 5.83. The van der Waals surface area contributed by atoms with Crippen molar-refractivity contribution in [3.63, 3.8) is 0 Å². The summed E-state index contributed by atoms with van der Waals surface area (Å²) in [7, 11) is 2.22. The Morgan fingerprint density at radius 3 is 2.56 bits per heavy atom. The van der Waals surface area contributed by atoms with E-state index < -0.39 is 0 Å². The molecule has 1 aromatic carbocycles. The number of piperidine rings is 1. The van der Waals surface area contributed by atoms with E-state index in [1.807, 2.05) is 0 Å². The number of anilines is 1. The van der Waals surface area contributed by atoms with Crippen LogP contribution in [-0.2, 0) is 0 Å². The molecule has 1 aliphatic rings. The van der Waals surface area contributed by atoms with Crippen molar-refractivity contribution < 1.29 is 0 Å². The molecule has 1 aromatic rings. The van der Waals surface area contributed by atoms with Crippen molar-refractivity contribution in [3.05, 3.63) is 30.3 Å². The summed E-state index contributed by atoms with van der Waals surface area (Å²) < 4.78 is 0. The van der Waals surface area contributed by atoms with E-state index in [0.29, 0.717) is 18.0 Å². The number of likely N-dealkylation sites (tertiary alicyclic amines) is 1. The fraction of sp³-hybridized carbons (Fsp3) is 0.571. The number of benzene rings is 1. The van der Waals surface area contributed by atoms with Crippen LogP contribution in [-0.4, -0.2) is 30.6 Å². The second kappa shape index (κ2) is 4.88. The molecule has 3 atom stereocenters.